The fourth-order valence-corrected chi connectivity index (χ4v) is 3.01. The Kier molecular flexibility index (Phi) is 6.73. The molecule has 1 amide bonds. The number of halogens is 1. The second-order valence-corrected chi connectivity index (χ2v) is 6.54. The van der Waals surface area contributed by atoms with Gasteiger partial charge in [0.25, 0.3) is 5.91 Å². The van der Waals surface area contributed by atoms with Gasteiger partial charge in [-0.15, -0.1) is 0 Å². The number of benzene rings is 1. The first-order valence-electron chi connectivity index (χ1n) is 8.19. The minimum atomic E-state index is -0.0490. The van der Waals surface area contributed by atoms with E-state index in [9.17, 15) is 4.79 Å². The third-order valence-electron chi connectivity index (χ3n) is 3.55. The van der Waals surface area contributed by atoms with E-state index in [1.54, 1.807) is 6.07 Å². The quantitative estimate of drug-likeness (QED) is 0.752. The first-order valence-corrected chi connectivity index (χ1v) is 8.99. The van der Waals surface area contributed by atoms with Crippen molar-refractivity contribution in [2.45, 2.75) is 33.6 Å². The van der Waals surface area contributed by atoms with Crippen molar-refractivity contribution in [2.24, 2.45) is 0 Å². The van der Waals surface area contributed by atoms with Crippen LogP contribution in [-0.4, -0.2) is 33.9 Å². The van der Waals surface area contributed by atoms with E-state index >= 15 is 0 Å². The highest BCUT2D eigenvalue weighted by Gasteiger charge is 2.16. The summed E-state index contributed by atoms with van der Waals surface area (Å²) in [4.78, 5) is 22.8. The molecule has 0 aliphatic heterocycles. The van der Waals surface area contributed by atoms with Gasteiger partial charge in [-0.1, -0.05) is 19.9 Å². The number of rotatable bonds is 7. The summed E-state index contributed by atoms with van der Waals surface area (Å²) < 4.78 is 0.951. The number of aromatic nitrogens is 2. The molecule has 0 spiro atoms. The van der Waals surface area contributed by atoms with Crippen molar-refractivity contribution in [3.05, 3.63) is 46.3 Å². The van der Waals surface area contributed by atoms with Crippen molar-refractivity contribution in [1.82, 2.24) is 14.9 Å². The Morgan fingerprint density at radius 3 is 2.50 bits per heavy atom. The minimum absolute atomic E-state index is 0.0490. The van der Waals surface area contributed by atoms with E-state index in [4.69, 9.17) is 0 Å². The number of anilines is 2. The molecule has 1 aromatic heterocycles. The van der Waals surface area contributed by atoms with Crippen LogP contribution in [0, 0.1) is 6.92 Å². The highest BCUT2D eigenvalue weighted by atomic mass is 79.9. The Balaban J connectivity index is 2.20. The van der Waals surface area contributed by atoms with E-state index in [1.807, 2.05) is 30.0 Å². The maximum Gasteiger partial charge on any atom is 0.272 e. The number of nitrogens with zero attached hydrogens (tertiary/aromatic N) is 3. The molecule has 0 unspecified atom stereocenters. The number of nitrogens with one attached hydrogen (secondary N) is 1. The van der Waals surface area contributed by atoms with Crippen LogP contribution in [-0.2, 0) is 0 Å². The van der Waals surface area contributed by atoms with Crippen molar-refractivity contribution in [3.63, 3.8) is 0 Å². The number of hydrogen-bond acceptors (Lipinski definition) is 4. The predicted molar refractivity (Wildman–Crippen MR) is 101 cm³/mol. The molecule has 6 heteroatoms. The maximum atomic E-state index is 12.6. The van der Waals surface area contributed by atoms with Crippen molar-refractivity contribution >= 4 is 33.3 Å². The Bertz CT molecular complexity index is 699. The van der Waals surface area contributed by atoms with Crippen LogP contribution in [0.5, 0.6) is 0 Å². The fraction of sp³-hybridized carbons (Fsp3) is 0.389. The van der Waals surface area contributed by atoms with Crippen LogP contribution in [0.3, 0.4) is 0 Å². The van der Waals surface area contributed by atoms with Gasteiger partial charge in [0.05, 0.1) is 5.69 Å². The summed E-state index contributed by atoms with van der Waals surface area (Å²) in [5.74, 6) is 0.554. The molecule has 2 rings (SSSR count). The van der Waals surface area contributed by atoms with Gasteiger partial charge in [-0.25, -0.2) is 9.97 Å². The van der Waals surface area contributed by atoms with Crippen LogP contribution in [0.4, 0.5) is 11.5 Å². The summed E-state index contributed by atoms with van der Waals surface area (Å²) in [5, 5.41) is 3.23. The van der Waals surface area contributed by atoms with E-state index < -0.39 is 0 Å². The lowest BCUT2D eigenvalue weighted by Gasteiger charge is -2.21. The van der Waals surface area contributed by atoms with Crippen LogP contribution in [0.25, 0.3) is 0 Å². The van der Waals surface area contributed by atoms with E-state index in [0.717, 1.165) is 36.1 Å². The van der Waals surface area contributed by atoms with Gasteiger partial charge in [0.2, 0.25) is 0 Å². The molecule has 0 saturated heterocycles. The monoisotopic (exact) mass is 390 g/mol. The van der Waals surface area contributed by atoms with E-state index in [0.29, 0.717) is 11.5 Å². The first-order chi connectivity index (χ1) is 11.5. The van der Waals surface area contributed by atoms with Gasteiger partial charge in [-0.05, 0) is 53.4 Å². The second-order valence-electron chi connectivity index (χ2n) is 5.69. The number of carbonyl (C=O) groups is 1. The summed E-state index contributed by atoms with van der Waals surface area (Å²) in [7, 11) is 0. The molecule has 0 bridgehead atoms. The van der Waals surface area contributed by atoms with Gasteiger partial charge >= 0.3 is 0 Å². The summed E-state index contributed by atoms with van der Waals surface area (Å²) >= 11 is 3.54. The molecular formula is C18H23BrN4O. The molecule has 1 N–H and O–H groups in total. The Morgan fingerprint density at radius 1 is 1.17 bits per heavy atom. The third kappa shape index (κ3) is 4.77. The highest BCUT2D eigenvalue weighted by molar-refractivity contribution is 9.10. The third-order valence-corrected chi connectivity index (χ3v) is 4.20. The van der Waals surface area contributed by atoms with Gasteiger partial charge in [0, 0.05) is 23.6 Å². The zero-order chi connectivity index (χ0) is 17.5. The van der Waals surface area contributed by atoms with Gasteiger partial charge in [-0.2, -0.15) is 0 Å². The maximum absolute atomic E-state index is 12.6. The lowest BCUT2D eigenvalue weighted by Crippen LogP contribution is -2.33. The average molecular weight is 391 g/mol. The standard InChI is InChI=1S/C18H23BrN4O/c1-4-8-23(9-5-2)18(24)16-11-17(21-12-20-16)22-15-7-6-13(3)10-14(15)19/h6-7,10-12H,4-5,8-9H2,1-3H3,(H,20,21,22). The topological polar surface area (TPSA) is 58.1 Å². The van der Waals surface area contributed by atoms with Crippen LogP contribution in [0.1, 0.15) is 42.7 Å². The second kappa shape index (κ2) is 8.78. The van der Waals surface area contributed by atoms with E-state index in [1.165, 1.54) is 11.9 Å². The zero-order valence-corrected chi connectivity index (χ0v) is 15.9. The first kappa shape index (κ1) is 18.4. The Labute approximate surface area is 151 Å². The fourth-order valence-electron chi connectivity index (χ4n) is 2.42. The van der Waals surface area contributed by atoms with E-state index in [-0.39, 0.29) is 5.91 Å². The van der Waals surface area contributed by atoms with E-state index in [2.05, 4.69) is 45.1 Å². The Morgan fingerprint density at radius 2 is 1.88 bits per heavy atom. The largest absolute Gasteiger partial charge is 0.339 e. The van der Waals surface area contributed by atoms with Crippen molar-refractivity contribution in [2.75, 3.05) is 18.4 Å². The molecule has 2 aromatic rings. The van der Waals surface area contributed by atoms with Crippen LogP contribution >= 0.6 is 15.9 Å². The Hall–Kier alpha value is -1.95. The minimum Gasteiger partial charge on any atom is -0.339 e. The lowest BCUT2D eigenvalue weighted by atomic mass is 10.2. The van der Waals surface area contributed by atoms with Crippen LogP contribution in [0.2, 0.25) is 0 Å². The molecule has 0 fully saturated rings. The summed E-state index contributed by atoms with van der Waals surface area (Å²) in [6, 6.07) is 7.72. The van der Waals surface area contributed by atoms with Crippen molar-refractivity contribution < 1.29 is 4.79 Å². The van der Waals surface area contributed by atoms with Gasteiger partial charge < -0.3 is 10.2 Å². The molecule has 0 saturated carbocycles. The highest BCUT2D eigenvalue weighted by Crippen LogP contribution is 2.26. The predicted octanol–water partition coefficient (Wildman–Crippen LogP) is 4.55. The average Bonchev–Trinajstić information content (AvgIpc) is 2.57. The normalized spacial score (nSPS) is 10.5. The van der Waals surface area contributed by atoms with Crippen LogP contribution < -0.4 is 5.32 Å². The summed E-state index contributed by atoms with van der Waals surface area (Å²) in [5.41, 5.74) is 2.48. The molecule has 1 aromatic carbocycles. The summed E-state index contributed by atoms with van der Waals surface area (Å²) in [6.07, 6.45) is 3.28. The van der Waals surface area contributed by atoms with Crippen molar-refractivity contribution in [3.8, 4) is 0 Å². The number of aryl methyl sites for hydroxylation is 1. The van der Waals surface area contributed by atoms with Gasteiger partial charge in [-0.3, -0.25) is 4.79 Å². The molecule has 0 aliphatic carbocycles. The molecule has 0 radical (unpaired) electrons. The molecule has 0 atom stereocenters. The van der Waals surface area contributed by atoms with Gasteiger partial charge in [0.15, 0.2) is 0 Å². The zero-order valence-electron chi connectivity index (χ0n) is 14.3. The molecule has 5 nitrogen and oxygen atoms in total. The number of hydrogen-bond donors (Lipinski definition) is 1. The number of carbonyl (C=O) groups excluding carboxylic acids is 1. The molecule has 128 valence electrons. The molecule has 1 heterocycles. The molecule has 0 aliphatic rings. The summed E-state index contributed by atoms with van der Waals surface area (Å²) in [6.45, 7) is 7.65. The van der Waals surface area contributed by atoms with Gasteiger partial charge in [0.1, 0.15) is 17.8 Å². The lowest BCUT2D eigenvalue weighted by molar-refractivity contribution is 0.0749. The smallest absolute Gasteiger partial charge is 0.272 e. The van der Waals surface area contributed by atoms with Crippen molar-refractivity contribution in [1.29, 1.82) is 0 Å². The number of amides is 1. The van der Waals surface area contributed by atoms with Crippen LogP contribution in [0.15, 0.2) is 35.1 Å². The molecular weight excluding hydrogens is 368 g/mol. The SMILES string of the molecule is CCCN(CCC)C(=O)c1cc(Nc2ccc(C)cc2Br)ncn1. The molecule has 24 heavy (non-hydrogen) atoms.